The van der Waals surface area contributed by atoms with Crippen LogP contribution in [0.15, 0.2) is 54.7 Å². The van der Waals surface area contributed by atoms with E-state index in [1.165, 1.54) is 24.3 Å². The number of hydrogen-bond donors (Lipinski definition) is 16. The lowest BCUT2D eigenvalue weighted by molar-refractivity contribution is -0.145. The second-order valence-corrected chi connectivity index (χ2v) is 18.6. The van der Waals surface area contributed by atoms with Crippen molar-refractivity contribution in [1.29, 1.82) is 0 Å². The van der Waals surface area contributed by atoms with Gasteiger partial charge in [-0.05, 0) is 68.4 Å². The molecule has 2 heterocycles. The molecule has 1 fully saturated rings. The van der Waals surface area contributed by atoms with Crippen LogP contribution >= 0.6 is 0 Å². The monoisotopic (exact) mass is 1090 g/mol. The maximum Gasteiger partial charge on any atom is 0.328 e. The normalized spacial score (nSPS) is 16.1. The van der Waals surface area contributed by atoms with Gasteiger partial charge in [0.05, 0.1) is 25.3 Å². The Balaban J connectivity index is 1.52. The van der Waals surface area contributed by atoms with E-state index in [0.29, 0.717) is 22.0 Å². The lowest BCUT2D eigenvalue weighted by atomic mass is 10.0. The molecule has 78 heavy (non-hydrogen) atoms. The van der Waals surface area contributed by atoms with Crippen LogP contribution in [0.25, 0.3) is 10.9 Å². The third-order valence-corrected chi connectivity index (χ3v) is 12.5. The second kappa shape index (κ2) is 29.6. The minimum absolute atomic E-state index is 0.0294. The number of aromatic hydroxyl groups is 1. The standard InChI is InChI=1S/C49H67N13O16/c1-24(64)41(49(77)78)61-45(73)33(20-26-21-54-30-6-3-2-5-28(26)30)58-47(75)36-7-4-18-62(36)48(76)34(19-25-8-10-27(65)11-9-25)59-46(74)35(23-63)60-44(72)32(14-17-39(53)68)56-40(69)22-55-43(71)31(13-16-38(52)67)57-42(70)29(50)12-15-37(51)66/h2-3,5-6,8-11,21,24,29,31-36,41,54,63-65H,4,7,12-20,22-23,50H2,1H3,(H2,51,66)(H2,52,67)(H2,53,68)(H,55,71)(H,56,69)(H,57,70)(H,58,75)(H,59,74)(H,60,72)(H,61,73)(H,77,78)/t24-,29+,31+,32+,33+,34+,35+,36+,41+/m1/s1. The lowest BCUT2D eigenvalue weighted by Crippen LogP contribution is -2.60. The molecule has 0 bridgehead atoms. The number of carbonyl (C=O) groups is 12. The van der Waals surface area contributed by atoms with E-state index in [1.54, 1.807) is 30.5 Å². The number of carbonyl (C=O) groups excluding carboxylic acids is 11. The average molecular weight is 1090 g/mol. The van der Waals surface area contributed by atoms with Gasteiger partial charge in [0.2, 0.25) is 65.0 Å². The largest absolute Gasteiger partial charge is 0.508 e. The van der Waals surface area contributed by atoms with Crippen LogP contribution in [-0.4, -0.2) is 175 Å². The highest BCUT2D eigenvalue weighted by Gasteiger charge is 2.41. The Morgan fingerprint density at radius 1 is 0.679 bits per heavy atom. The summed E-state index contributed by atoms with van der Waals surface area (Å²) in [6.45, 7) is -0.824. The summed E-state index contributed by atoms with van der Waals surface area (Å²) in [6.07, 6.45) is -2.13. The van der Waals surface area contributed by atoms with Gasteiger partial charge in [-0.15, -0.1) is 0 Å². The molecule has 0 radical (unpaired) electrons. The number of aromatic amines is 1. The first-order valence-corrected chi connectivity index (χ1v) is 24.7. The molecule has 20 N–H and O–H groups in total. The van der Waals surface area contributed by atoms with Crippen LogP contribution < -0.4 is 60.2 Å². The molecule has 1 aliphatic rings. The van der Waals surface area contributed by atoms with E-state index in [-0.39, 0.29) is 63.7 Å². The molecule has 29 heteroatoms. The highest BCUT2D eigenvalue weighted by molar-refractivity contribution is 5.98. The van der Waals surface area contributed by atoms with Gasteiger partial charge >= 0.3 is 5.97 Å². The number of hydrogen-bond acceptors (Lipinski definition) is 16. The topological polar surface area (TPSA) is 493 Å². The zero-order valence-corrected chi connectivity index (χ0v) is 42.5. The summed E-state index contributed by atoms with van der Waals surface area (Å²) in [5.41, 5.74) is 23.1. The van der Waals surface area contributed by atoms with Crippen molar-refractivity contribution in [2.45, 2.75) is 126 Å². The minimum atomic E-state index is -1.85. The number of benzene rings is 2. The smallest absolute Gasteiger partial charge is 0.328 e. The number of phenolic OH excluding ortho intramolecular Hbond substituents is 1. The number of nitrogens with one attached hydrogen (secondary N) is 8. The number of nitrogens with two attached hydrogens (primary N) is 4. The van der Waals surface area contributed by atoms with Gasteiger partial charge in [-0.1, -0.05) is 30.3 Å². The van der Waals surface area contributed by atoms with Crippen LogP contribution in [0.4, 0.5) is 0 Å². The molecular weight excluding hydrogens is 1030 g/mol. The fourth-order valence-electron chi connectivity index (χ4n) is 8.30. The third kappa shape index (κ3) is 18.8. The van der Waals surface area contributed by atoms with E-state index in [2.05, 4.69) is 42.2 Å². The van der Waals surface area contributed by atoms with Gasteiger partial charge in [0.1, 0.15) is 42.0 Å². The van der Waals surface area contributed by atoms with E-state index in [9.17, 15) is 78.0 Å². The molecule has 3 aromatic rings. The first-order chi connectivity index (χ1) is 36.9. The number of nitrogens with zero attached hydrogens (tertiary/aromatic N) is 1. The summed E-state index contributed by atoms with van der Waals surface area (Å²) >= 11 is 0. The van der Waals surface area contributed by atoms with E-state index in [1.807, 2.05) is 0 Å². The Morgan fingerprint density at radius 3 is 1.85 bits per heavy atom. The molecule has 1 saturated heterocycles. The average Bonchev–Trinajstić information content (AvgIpc) is 4.07. The van der Waals surface area contributed by atoms with Crippen molar-refractivity contribution in [3.05, 3.63) is 65.9 Å². The molecule has 11 amide bonds. The fourth-order valence-corrected chi connectivity index (χ4v) is 8.30. The number of aliphatic hydroxyl groups excluding tert-OH is 2. The van der Waals surface area contributed by atoms with Gasteiger partial charge in [-0.2, -0.15) is 0 Å². The van der Waals surface area contributed by atoms with Crippen molar-refractivity contribution in [3.63, 3.8) is 0 Å². The number of aromatic nitrogens is 1. The number of H-pyrrole nitrogens is 1. The Labute approximate surface area is 445 Å². The lowest BCUT2D eigenvalue weighted by Gasteiger charge is -2.31. The molecule has 4 rings (SSSR count). The molecular formula is C49H67N13O16. The first-order valence-electron chi connectivity index (χ1n) is 24.7. The maximum atomic E-state index is 14.6. The van der Waals surface area contributed by atoms with E-state index in [0.717, 1.165) is 11.8 Å². The highest BCUT2D eigenvalue weighted by atomic mass is 16.4. The summed E-state index contributed by atoms with van der Waals surface area (Å²) in [7, 11) is 0. The molecule has 2 aromatic carbocycles. The Morgan fingerprint density at radius 2 is 1.24 bits per heavy atom. The zero-order chi connectivity index (χ0) is 57.8. The van der Waals surface area contributed by atoms with Crippen LogP contribution in [0.1, 0.15) is 69.4 Å². The van der Waals surface area contributed by atoms with E-state index in [4.69, 9.17) is 22.9 Å². The van der Waals surface area contributed by atoms with Crippen LogP contribution in [-0.2, 0) is 70.4 Å². The third-order valence-electron chi connectivity index (χ3n) is 12.5. The number of rotatable bonds is 31. The molecule has 1 aliphatic heterocycles. The second-order valence-electron chi connectivity index (χ2n) is 18.6. The number of para-hydroxylation sites is 1. The van der Waals surface area contributed by atoms with Gasteiger partial charge in [0, 0.05) is 55.7 Å². The summed E-state index contributed by atoms with van der Waals surface area (Å²) in [4.78, 5) is 160. The van der Waals surface area contributed by atoms with Gasteiger partial charge in [-0.3, -0.25) is 52.7 Å². The van der Waals surface area contributed by atoms with Gasteiger partial charge < -0.3 is 90.5 Å². The fraction of sp³-hybridized carbons (Fsp3) is 0.469. The maximum absolute atomic E-state index is 14.6. The minimum Gasteiger partial charge on any atom is -0.508 e. The SMILES string of the molecule is C[C@@H](O)[C@H](NC(=O)[C@H](Cc1c[nH]c2ccccc12)NC(=O)[C@@H]1CCCN1C(=O)[C@H](Cc1ccc(O)cc1)NC(=O)[C@H](CO)NC(=O)[C@H](CCC(N)=O)NC(=O)CNC(=O)[C@H](CCC(N)=O)NC(=O)[C@@H](N)CCC(N)=O)C(=O)O. The Bertz CT molecular complexity index is 2680. The summed E-state index contributed by atoms with van der Waals surface area (Å²) in [5.74, 6) is -12.0. The van der Waals surface area contributed by atoms with Crippen molar-refractivity contribution in [2.24, 2.45) is 22.9 Å². The summed E-state index contributed by atoms with van der Waals surface area (Å²) < 4.78 is 0. The van der Waals surface area contributed by atoms with Crippen LogP contribution in [0, 0.1) is 0 Å². The number of likely N-dealkylation sites (tertiary alicyclic amines) is 1. The van der Waals surface area contributed by atoms with Crippen LogP contribution in [0.2, 0.25) is 0 Å². The van der Waals surface area contributed by atoms with Gasteiger partial charge in [-0.25, -0.2) is 4.79 Å². The van der Waals surface area contributed by atoms with Crippen molar-refractivity contribution in [3.8, 4) is 5.75 Å². The number of aliphatic hydroxyl groups is 2. The highest BCUT2D eigenvalue weighted by Crippen LogP contribution is 2.23. The molecule has 0 saturated carbocycles. The van der Waals surface area contributed by atoms with Crippen molar-refractivity contribution in [2.75, 3.05) is 19.7 Å². The number of primary amides is 3. The Kier molecular flexibility index (Phi) is 23.4. The van der Waals surface area contributed by atoms with Crippen LogP contribution in [0.5, 0.6) is 5.75 Å². The number of carboxylic acids is 1. The number of amides is 11. The first kappa shape index (κ1) is 61.8. The Hall–Kier alpha value is -8.70. The number of phenols is 1. The van der Waals surface area contributed by atoms with Gasteiger partial charge in [0.25, 0.3) is 0 Å². The molecule has 424 valence electrons. The summed E-state index contributed by atoms with van der Waals surface area (Å²) in [6, 6.07) is 0.362. The number of fused-ring (bicyclic) bond motifs is 1. The van der Waals surface area contributed by atoms with E-state index >= 15 is 0 Å². The molecule has 29 nitrogen and oxygen atoms in total. The number of aliphatic carboxylic acids is 1. The zero-order valence-electron chi connectivity index (χ0n) is 42.5. The predicted octanol–water partition coefficient (Wildman–Crippen LogP) is -5.74. The molecule has 0 spiro atoms. The van der Waals surface area contributed by atoms with Crippen molar-refractivity contribution in [1.82, 2.24) is 47.1 Å². The number of carboxylic acid groups (broad SMARTS) is 1. The van der Waals surface area contributed by atoms with E-state index < -0.39 is 151 Å². The molecule has 0 unspecified atom stereocenters. The van der Waals surface area contributed by atoms with Crippen molar-refractivity contribution < 1.29 is 78.0 Å². The summed E-state index contributed by atoms with van der Waals surface area (Å²) in [5, 5.41) is 57.4. The molecule has 9 atom stereocenters. The van der Waals surface area contributed by atoms with Crippen LogP contribution in [0.3, 0.4) is 0 Å². The molecule has 1 aromatic heterocycles. The van der Waals surface area contributed by atoms with Gasteiger partial charge in [0.15, 0.2) is 6.04 Å². The van der Waals surface area contributed by atoms with Crippen molar-refractivity contribution >= 4 is 81.9 Å². The quantitative estimate of drug-likeness (QED) is 0.0285. The predicted molar refractivity (Wildman–Crippen MR) is 273 cm³/mol. The molecule has 0 aliphatic carbocycles.